The summed E-state index contributed by atoms with van der Waals surface area (Å²) in [5.41, 5.74) is 1.13. The number of aliphatic hydroxyl groups excluding tert-OH is 1. The van der Waals surface area contributed by atoms with E-state index in [9.17, 15) is 5.11 Å². The summed E-state index contributed by atoms with van der Waals surface area (Å²) in [6.45, 7) is 0.357. The second-order valence-corrected chi connectivity index (χ2v) is 5.63. The largest absolute Gasteiger partial charge is 0.467 e. The summed E-state index contributed by atoms with van der Waals surface area (Å²) in [4.78, 5) is 6.73. The predicted molar refractivity (Wildman–Crippen MR) is 84.4 cm³/mol. The molecule has 0 bridgehead atoms. The van der Waals surface area contributed by atoms with Gasteiger partial charge in [-0.25, -0.2) is 0 Å². The molecule has 0 aromatic carbocycles. The highest BCUT2D eigenvalue weighted by molar-refractivity contribution is 8.02. The number of aliphatic hydroxyl groups is 1. The van der Waals surface area contributed by atoms with E-state index in [2.05, 4.69) is 4.98 Å². The first-order valence-corrected chi connectivity index (χ1v) is 7.72. The van der Waals surface area contributed by atoms with Gasteiger partial charge < -0.3 is 24.2 Å². The summed E-state index contributed by atoms with van der Waals surface area (Å²) in [6, 6.07) is 3.94. The predicted octanol–water partition coefficient (Wildman–Crippen LogP) is 1.90. The molecule has 1 aliphatic rings. The van der Waals surface area contributed by atoms with Crippen LogP contribution in [0.1, 0.15) is 5.56 Å². The number of hydrogen-bond donors (Lipinski definition) is 1. The number of methoxy groups -OCH3 is 2. The maximum absolute atomic E-state index is 10.2. The van der Waals surface area contributed by atoms with Gasteiger partial charge in [-0.15, -0.1) is 11.8 Å². The number of hydrogen-bond acceptors (Lipinski definition) is 7. The van der Waals surface area contributed by atoms with E-state index in [0.29, 0.717) is 5.76 Å². The molecule has 7 heteroatoms. The Morgan fingerprint density at radius 2 is 2.23 bits per heavy atom. The van der Waals surface area contributed by atoms with Gasteiger partial charge in [0.15, 0.2) is 13.0 Å². The zero-order valence-electron chi connectivity index (χ0n) is 12.6. The molecule has 0 radical (unpaired) electrons. The summed E-state index contributed by atoms with van der Waals surface area (Å²) < 4.78 is 15.4. The van der Waals surface area contributed by atoms with Gasteiger partial charge in [0.25, 0.3) is 0 Å². The van der Waals surface area contributed by atoms with Crippen molar-refractivity contribution in [2.75, 3.05) is 27.7 Å². The van der Waals surface area contributed by atoms with E-state index < -0.39 is 6.23 Å². The standard InChI is InChI=1S/C15H20N2O4S/c1-19-10-17-8-13(6-14(15(17)18)21-11-20-2)22-9-12-4-3-5-16-7-12/h3-8,15,18H,9-11H2,1-2H3. The average Bonchev–Trinajstić information content (AvgIpc) is 2.55. The third kappa shape index (κ3) is 4.74. The van der Waals surface area contributed by atoms with Crippen molar-refractivity contribution in [3.63, 3.8) is 0 Å². The maximum Gasteiger partial charge on any atom is 0.188 e. The molecule has 2 rings (SSSR count). The van der Waals surface area contributed by atoms with Crippen molar-refractivity contribution in [2.45, 2.75) is 12.0 Å². The Morgan fingerprint density at radius 3 is 2.91 bits per heavy atom. The Labute approximate surface area is 134 Å². The molecule has 0 fully saturated rings. The molecular weight excluding hydrogens is 304 g/mol. The van der Waals surface area contributed by atoms with E-state index in [-0.39, 0.29) is 13.5 Å². The number of thioether (sulfide) groups is 1. The molecule has 1 atom stereocenters. The minimum atomic E-state index is -0.877. The van der Waals surface area contributed by atoms with Gasteiger partial charge in [0.2, 0.25) is 0 Å². The van der Waals surface area contributed by atoms with Gasteiger partial charge in [-0.3, -0.25) is 4.98 Å². The van der Waals surface area contributed by atoms with Gasteiger partial charge >= 0.3 is 0 Å². The quantitative estimate of drug-likeness (QED) is 0.733. The topological polar surface area (TPSA) is 64.1 Å². The number of nitrogens with zero attached hydrogens (tertiary/aromatic N) is 2. The van der Waals surface area contributed by atoms with E-state index in [1.54, 1.807) is 30.0 Å². The Bertz CT molecular complexity index is 522. The summed E-state index contributed by atoms with van der Waals surface area (Å²) in [5, 5.41) is 10.2. The normalized spacial score (nSPS) is 18.0. The van der Waals surface area contributed by atoms with Crippen LogP contribution in [0.2, 0.25) is 0 Å². The molecule has 0 saturated carbocycles. The van der Waals surface area contributed by atoms with Crippen molar-refractivity contribution in [3.05, 3.63) is 53.0 Å². The highest BCUT2D eigenvalue weighted by Crippen LogP contribution is 2.29. The number of pyridine rings is 1. The maximum atomic E-state index is 10.2. The Balaban J connectivity index is 2.05. The number of rotatable bonds is 8. The van der Waals surface area contributed by atoms with Crippen molar-refractivity contribution in [2.24, 2.45) is 0 Å². The molecule has 1 aliphatic heterocycles. The van der Waals surface area contributed by atoms with Gasteiger partial charge in [-0.1, -0.05) is 6.07 Å². The van der Waals surface area contributed by atoms with Gasteiger partial charge in [-0.05, 0) is 17.7 Å². The molecule has 1 aromatic heterocycles. The molecule has 22 heavy (non-hydrogen) atoms. The lowest BCUT2D eigenvalue weighted by atomic mass is 10.3. The molecule has 1 aromatic rings. The van der Waals surface area contributed by atoms with Crippen molar-refractivity contribution < 1.29 is 19.3 Å². The summed E-state index contributed by atoms with van der Waals surface area (Å²) in [7, 11) is 3.12. The lowest BCUT2D eigenvalue weighted by Crippen LogP contribution is -2.37. The van der Waals surface area contributed by atoms with E-state index >= 15 is 0 Å². The van der Waals surface area contributed by atoms with Gasteiger partial charge in [-0.2, -0.15) is 0 Å². The Kier molecular flexibility index (Phi) is 6.73. The first-order valence-electron chi connectivity index (χ1n) is 6.74. The molecule has 0 spiro atoms. The fourth-order valence-electron chi connectivity index (χ4n) is 1.88. The first-order chi connectivity index (χ1) is 10.7. The fourth-order valence-corrected chi connectivity index (χ4v) is 2.79. The van der Waals surface area contributed by atoms with E-state index in [1.165, 1.54) is 7.11 Å². The molecule has 0 amide bonds. The van der Waals surface area contributed by atoms with Gasteiger partial charge in [0, 0.05) is 43.5 Å². The number of ether oxygens (including phenoxy) is 3. The minimum Gasteiger partial charge on any atom is -0.467 e. The molecule has 0 aliphatic carbocycles. The third-order valence-corrected chi connectivity index (χ3v) is 3.93. The second kappa shape index (κ2) is 8.79. The number of allylic oxidation sites excluding steroid dienone is 1. The number of aromatic nitrogens is 1. The molecule has 0 saturated heterocycles. The Hall–Kier alpha value is -1.54. The van der Waals surface area contributed by atoms with E-state index in [4.69, 9.17) is 14.2 Å². The van der Waals surface area contributed by atoms with Crippen LogP contribution in [-0.2, 0) is 20.0 Å². The first kappa shape index (κ1) is 16.8. The highest BCUT2D eigenvalue weighted by Gasteiger charge is 2.24. The molecular formula is C15H20N2O4S. The zero-order valence-corrected chi connectivity index (χ0v) is 13.5. The lowest BCUT2D eigenvalue weighted by Gasteiger charge is -2.31. The summed E-state index contributed by atoms with van der Waals surface area (Å²) in [6.07, 6.45) is 6.38. The zero-order chi connectivity index (χ0) is 15.8. The van der Waals surface area contributed by atoms with Crippen LogP contribution < -0.4 is 0 Å². The van der Waals surface area contributed by atoms with Crippen LogP contribution in [0, 0.1) is 0 Å². The highest BCUT2D eigenvalue weighted by atomic mass is 32.2. The van der Waals surface area contributed by atoms with Crippen LogP contribution in [0.5, 0.6) is 0 Å². The van der Waals surface area contributed by atoms with Gasteiger partial charge in [0.05, 0.1) is 0 Å². The average molecular weight is 324 g/mol. The van der Waals surface area contributed by atoms with Crippen LogP contribution in [0.15, 0.2) is 47.5 Å². The SMILES string of the molecule is COCOC1=CC(SCc2cccnc2)=CN(COC)C1O. The summed E-state index contributed by atoms with van der Waals surface area (Å²) >= 11 is 1.63. The second-order valence-electron chi connectivity index (χ2n) is 4.58. The monoisotopic (exact) mass is 324 g/mol. The van der Waals surface area contributed by atoms with Crippen molar-refractivity contribution in [1.82, 2.24) is 9.88 Å². The van der Waals surface area contributed by atoms with Crippen LogP contribution in [-0.4, -0.2) is 49.0 Å². The van der Waals surface area contributed by atoms with Crippen molar-refractivity contribution in [1.29, 1.82) is 0 Å². The molecule has 1 N–H and O–H groups in total. The smallest absolute Gasteiger partial charge is 0.188 e. The molecule has 120 valence electrons. The van der Waals surface area contributed by atoms with Crippen molar-refractivity contribution in [3.8, 4) is 0 Å². The van der Waals surface area contributed by atoms with E-state index in [0.717, 1.165) is 16.2 Å². The van der Waals surface area contributed by atoms with Crippen LogP contribution in [0.25, 0.3) is 0 Å². The fraction of sp³-hybridized carbons (Fsp3) is 0.400. The molecule has 6 nitrogen and oxygen atoms in total. The van der Waals surface area contributed by atoms with Crippen LogP contribution in [0.3, 0.4) is 0 Å². The van der Waals surface area contributed by atoms with Crippen LogP contribution in [0.4, 0.5) is 0 Å². The molecule has 1 unspecified atom stereocenters. The van der Waals surface area contributed by atoms with Gasteiger partial charge in [0.1, 0.15) is 12.5 Å². The molecule has 2 heterocycles. The minimum absolute atomic E-state index is 0.0876. The van der Waals surface area contributed by atoms with Crippen molar-refractivity contribution >= 4 is 11.8 Å². The third-order valence-electron chi connectivity index (χ3n) is 2.90. The lowest BCUT2D eigenvalue weighted by molar-refractivity contribution is -0.0712. The van der Waals surface area contributed by atoms with E-state index in [1.807, 2.05) is 30.6 Å². The van der Waals surface area contributed by atoms with Crippen LogP contribution >= 0.6 is 11.8 Å². The Morgan fingerprint density at radius 1 is 1.36 bits per heavy atom. The summed E-state index contributed by atoms with van der Waals surface area (Å²) in [5.74, 6) is 1.22.